The minimum Gasteiger partial charge on any atom is -0.361 e. The molecule has 0 saturated carbocycles. The van der Waals surface area contributed by atoms with E-state index in [1.807, 2.05) is 38.1 Å². The van der Waals surface area contributed by atoms with E-state index in [2.05, 4.69) is 10.5 Å². The van der Waals surface area contributed by atoms with E-state index >= 15 is 0 Å². The van der Waals surface area contributed by atoms with E-state index in [-0.39, 0.29) is 23.5 Å². The number of hydrogen-bond donors (Lipinski definition) is 1. The summed E-state index contributed by atoms with van der Waals surface area (Å²) in [5.41, 5.74) is 4.67. The van der Waals surface area contributed by atoms with Crippen LogP contribution in [0.4, 0.5) is 4.39 Å². The second-order valence-electron chi connectivity index (χ2n) is 8.54. The lowest BCUT2D eigenvalue weighted by Crippen LogP contribution is -2.37. The van der Waals surface area contributed by atoms with Crippen molar-refractivity contribution in [2.45, 2.75) is 33.1 Å². The maximum Gasteiger partial charge on any atom is 0.225 e. The van der Waals surface area contributed by atoms with Gasteiger partial charge in [-0.2, -0.15) is 0 Å². The fraction of sp³-hybridized carbons (Fsp3) is 0.346. The topological polar surface area (TPSA) is 75.4 Å². The molecule has 1 aliphatic heterocycles. The lowest BCUT2D eigenvalue weighted by molar-refractivity contribution is -0.132. The first-order valence-electron chi connectivity index (χ1n) is 11.2. The summed E-state index contributed by atoms with van der Waals surface area (Å²) in [7, 11) is 0. The average Bonchev–Trinajstić information content (AvgIpc) is 3.01. The zero-order valence-corrected chi connectivity index (χ0v) is 18.9. The SMILES string of the molecule is Cc1noc(C)c1CCC(=O)N1CCNC(=O)[C@@H](Cc2cccc(-c3ccc(F)cc3)c2)C1. The average molecular weight is 450 g/mol. The van der Waals surface area contributed by atoms with Gasteiger partial charge in [0, 0.05) is 31.6 Å². The highest BCUT2D eigenvalue weighted by Crippen LogP contribution is 2.23. The zero-order chi connectivity index (χ0) is 23.4. The van der Waals surface area contributed by atoms with Crippen molar-refractivity contribution in [3.05, 3.63) is 76.9 Å². The lowest BCUT2D eigenvalue weighted by atomic mass is 9.95. The minimum atomic E-state index is -0.334. The van der Waals surface area contributed by atoms with Crippen molar-refractivity contribution < 1.29 is 18.5 Å². The van der Waals surface area contributed by atoms with Gasteiger partial charge in [-0.3, -0.25) is 9.59 Å². The summed E-state index contributed by atoms with van der Waals surface area (Å²) in [6.07, 6.45) is 1.45. The Morgan fingerprint density at radius 1 is 1.18 bits per heavy atom. The molecule has 172 valence electrons. The Hall–Kier alpha value is -3.48. The summed E-state index contributed by atoms with van der Waals surface area (Å²) in [5.74, 6) is 0.120. The molecule has 2 amide bonds. The van der Waals surface area contributed by atoms with E-state index in [0.29, 0.717) is 38.9 Å². The zero-order valence-electron chi connectivity index (χ0n) is 18.9. The van der Waals surface area contributed by atoms with Crippen LogP contribution in [0, 0.1) is 25.6 Å². The molecule has 1 aliphatic rings. The predicted octanol–water partition coefficient (Wildman–Crippen LogP) is 3.85. The molecular weight excluding hydrogens is 421 g/mol. The van der Waals surface area contributed by atoms with Gasteiger partial charge in [-0.15, -0.1) is 0 Å². The summed E-state index contributed by atoms with van der Waals surface area (Å²) < 4.78 is 18.5. The van der Waals surface area contributed by atoms with Crippen LogP contribution >= 0.6 is 0 Å². The summed E-state index contributed by atoms with van der Waals surface area (Å²) in [5, 5.41) is 6.89. The number of aromatic nitrogens is 1. The molecule has 6 nitrogen and oxygen atoms in total. The Balaban J connectivity index is 1.43. The van der Waals surface area contributed by atoms with Gasteiger partial charge in [0.2, 0.25) is 11.8 Å². The molecule has 0 radical (unpaired) electrons. The molecule has 2 heterocycles. The molecule has 1 saturated heterocycles. The number of rotatable bonds is 6. The number of carbonyl (C=O) groups excluding carboxylic acids is 2. The van der Waals surface area contributed by atoms with Gasteiger partial charge < -0.3 is 14.7 Å². The number of benzene rings is 2. The van der Waals surface area contributed by atoms with Gasteiger partial charge in [-0.05, 0) is 55.5 Å². The van der Waals surface area contributed by atoms with Crippen LogP contribution in [-0.4, -0.2) is 41.5 Å². The molecule has 2 aromatic carbocycles. The summed E-state index contributed by atoms with van der Waals surface area (Å²) in [4.78, 5) is 27.4. The Morgan fingerprint density at radius 2 is 1.97 bits per heavy atom. The smallest absolute Gasteiger partial charge is 0.225 e. The molecule has 0 spiro atoms. The van der Waals surface area contributed by atoms with Crippen molar-refractivity contribution in [1.29, 1.82) is 0 Å². The maximum absolute atomic E-state index is 13.3. The van der Waals surface area contributed by atoms with Crippen LogP contribution in [0.15, 0.2) is 53.1 Å². The minimum absolute atomic E-state index is 0.0246. The molecule has 1 aromatic heterocycles. The Kier molecular flexibility index (Phi) is 6.87. The van der Waals surface area contributed by atoms with Crippen LogP contribution in [0.2, 0.25) is 0 Å². The van der Waals surface area contributed by atoms with Crippen molar-refractivity contribution in [1.82, 2.24) is 15.4 Å². The van der Waals surface area contributed by atoms with Crippen LogP contribution in [-0.2, 0) is 22.4 Å². The third kappa shape index (κ3) is 5.48. The number of amides is 2. The standard InChI is InChI=1S/C26H28FN3O3/c1-17-24(18(2)33-29-17)10-11-25(31)30-13-12-28-26(32)22(16-30)15-19-4-3-5-21(14-19)20-6-8-23(27)9-7-20/h3-9,14,22H,10-13,15-16H2,1-2H3,(H,28,32)/t22-/m0/s1. The van der Waals surface area contributed by atoms with Crippen LogP contribution in [0.1, 0.15) is 29.0 Å². The molecule has 3 aromatic rings. The molecule has 33 heavy (non-hydrogen) atoms. The summed E-state index contributed by atoms with van der Waals surface area (Å²) >= 11 is 0. The van der Waals surface area contributed by atoms with E-state index < -0.39 is 0 Å². The quantitative estimate of drug-likeness (QED) is 0.620. The summed E-state index contributed by atoms with van der Waals surface area (Å²) in [6.45, 7) is 5.05. The molecule has 7 heteroatoms. The van der Waals surface area contributed by atoms with E-state index in [4.69, 9.17) is 4.52 Å². The van der Waals surface area contributed by atoms with Crippen molar-refractivity contribution in [2.24, 2.45) is 5.92 Å². The number of halogens is 1. The second-order valence-corrected chi connectivity index (χ2v) is 8.54. The third-order valence-electron chi connectivity index (χ3n) is 6.20. The molecule has 0 bridgehead atoms. The monoisotopic (exact) mass is 449 g/mol. The number of carbonyl (C=O) groups is 2. The third-order valence-corrected chi connectivity index (χ3v) is 6.20. The first kappa shape index (κ1) is 22.7. The Bertz CT molecular complexity index is 1120. The van der Waals surface area contributed by atoms with Gasteiger partial charge in [0.25, 0.3) is 0 Å². The molecule has 1 fully saturated rings. The molecule has 0 aliphatic carbocycles. The molecule has 4 rings (SSSR count). The largest absolute Gasteiger partial charge is 0.361 e. The van der Waals surface area contributed by atoms with Crippen molar-refractivity contribution >= 4 is 11.8 Å². The van der Waals surface area contributed by atoms with Gasteiger partial charge in [0.15, 0.2) is 0 Å². The molecule has 0 unspecified atom stereocenters. The summed E-state index contributed by atoms with van der Waals surface area (Å²) in [6, 6.07) is 14.3. The van der Waals surface area contributed by atoms with Crippen molar-refractivity contribution in [3.63, 3.8) is 0 Å². The Morgan fingerprint density at radius 3 is 2.70 bits per heavy atom. The van der Waals surface area contributed by atoms with Crippen molar-refractivity contribution in [2.75, 3.05) is 19.6 Å². The van der Waals surface area contributed by atoms with E-state index in [1.165, 1.54) is 12.1 Å². The molecular formula is C26H28FN3O3. The van der Waals surface area contributed by atoms with Gasteiger partial charge >= 0.3 is 0 Å². The van der Waals surface area contributed by atoms with Crippen LogP contribution in [0.3, 0.4) is 0 Å². The highest BCUT2D eigenvalue weighted by molar-refractivity contribution is 5.82. The number of aryl methyl sites for hydroxylation is 2. The number of hydrogen-bond acceptors (Lipinski definition) is 4. The number of nitrogens with one attached hydrogen (secondary N) is 1. The second kappa shape index (κ2) is 9.98. The molecule has 1 atom stereocenters. The highest BCUT2D eigenvalue weighted by atomic mass is 19.1. The molecule has 1 N–H and O–H groups in total. The van der Waals surface area contributed by atoms with E-state index in [0.717, 1.165) is 33.7 Å². The fourth-order valence-corrected chi connectivity index (χ4v) is 4.34. The normalized spacial score (nSPS) is 16.4. The van der Waals surface area contributed by atoms with Gasteiger partial charge in [-0.1, -0.05) is 41.6 Å². The van der Waals surface area contributed by atoms with Crippen molar-refractivity contribution in [3.8, 4) is 11.1 Å². The van der Waals surface area contributed by atoms with E-state index in [9.17, 15) is 14.0 Å². The highest BCUT2D eigenvalue weighted by Gasteiger charge is 2.28. The predicted molar refractivity (Wildman–Crippen MR) is 123 cm³/mol. The fourth-order valence-electron chi connectivity index (χ4n) is 4.34. The van der Waals surface area contributed by atoms with Gasteiger partial charge in [-0.25, -0.2) is 4.39 Å². The van der Waals surface area contributed by atoms with Crippen LogP contribution < -0.4 is 5.32 Å². The Labute approximate surface area is 192 Å². The lowest BCUT2D eigenvalue weighted by Gasteiger charge is -2.23. The number of nitrogens with zero attached hydrogens (tertiary/aromatic N) is 2. The van der Waals surface area contributed by atoms with Crippen LogP contribution in [0.5, 0.6) is 0 Å². The van der Waals surface area contributed by atoms with Crippen LogP contribution in [0.25, 0.3) is 11.1 Å². The first-order valence-corrected chi connectivity index (χ1v) is 11.2. The van der Waals surface area contributed by atoms with E-state index in [1.54, 1.807) is 17.0 Å². The van der Waals surface area contributed by atoms with Gasteiger partial charge in [0.05, 0.1) is 11.6 Å². The maximum atomic E-state index is 13.3. The van der Waals surface area contributed by atoms with Gasteiger partial charge in [0.1, 0.15) is 11.6 Å². The first-order chi connectivity index (χ1) is 15.9.